The van der Waals surface area contributed by atoms with E-state index in [0.29, 0.717) is 18.2 Å². The largest absolute Gasteiger partial charge is 0.454 e. The van der Waals surface area contributed by atoms with E-state index in [1.807, 2.05) is 37.1 Å². The summed E-state index contributed by atoms with van der Waals surface area (Å²) in [5.41, 5.74) is 1.00. The van der Waals surface area contributed by atoms with Gasteiger partial charge in [-0.2, -0.15) is 5.26 Å². The Bertz CT molecular complexity index is 725. The predicted octanol–water partition coefficient (Wildman–Crippen LogP) is 2.31. The molecule has 0 spiro atoms. The second kappa shape index (κ2) is 6.23. The van der Waals surface area contributed by atoms with Crippen LogP contribution in [-0.2, 0) is 4.79 Å². The van der Waals surface area contributed by atoms with Gasteiger partial charge in [0.1, 0.15) is 0 Å². The van der Waals surface area contributed by atoms with Crippen LogP contribution in [0.1, 0.15) is 37.8 Å². The summed E-state index contributed by atoms with van der Waals surface area (Å²) in [5, 5.41) is 9.67. The number of nitriles is 1. The van der Waals surface area contributed by atoms with Gasteiger partial charge in [-0.3, -0.25) is 9.69 Å². The third kappa shape index (κ3) is 2.73. The van der Waals surface area contributed by atoms with Gasteiger partial charge in [-0.15, -0.1) is 0 Å². The van der Waals surface area contributed by atoms with Crippen LogP contribution >= 0.6 is 0 Å². The molecule has 6 heteroatoms. The summed E-state index contributed by atoms with van der Waals surface area (Å²) in [5.74, 6) is 1.40. The number of carbonyl (C=O) groups is 1. The van der Waals surface area contributed by atoms with E-state index in [0.717, 1.165) is 30.7 Å². The van der Waals surface area contributed by atoms with Gasteiger partial charge in [0, 0.05) is 12.6 Å². The number of fused-ring (bicyclic) bond motifs is 1. The summed E-state index contributed by atoms with van der Waals surface area (Å²) in [4.78, 5) is 17.1. The number of benzene rings is 1. The van der Waals surface area contributed by atoms with Gasteiger partial charge in [0.2, 0.25) is 12.7 Å². The van der Waals surface area contributed by atoms with Gasteiger partial charge in [0.15, 0.2) is 11.5 Å². The molecule has 1 aliphatic carbocycles. The zero-order valence-corrected chi connectivity index (χ0v) is 14.6. The first kappa shape index (κ1) is 16.2. The van der Waals surface area contributed by atoms with Gasteiger partial charge >= 0.3 is 0 Å². The van der Waals surface area contributed by atoms with Gasteiger partial charge in [-0.05, 0) is 50.9 Å². The predicted molar refractivity (Wildman–Crippen MR) is 91.0 cm³/mol. The third-order valence-electron chi connectivity index (χ3n) is 5.59. The van der Waals surface area contributed by atoms with E-state index in [1.165, 1.54) is 0 Å². The lowest BCUT2D eigenvalue weighted by molar-refractivity contribution is -0.136. The number of hydrogen-bond donors (Lipinski definition) is 0. The Morgan fingerprint density at radius 2 is 2.12 bits per heavy atom. The van der Waals surface area contributed by atoms with Gasteiger partial charge in [-0.1, -0.05) is 6.07 Å². The van der Waals surface area contributed by atoms with Crippen molar-refractivity contribution in [1.29, 1.82) is 5.26 Å². The van der Waals surface area contributed by atoms with Crippen LogP contribution in [0, 0.1) is 17.2 Å². The van der Waals surface area contributed by atoms with E-state index in [1.54, 1.807) is 0 Å². The van der Waals surface area contributed by atoms with Crippen LogP contribution in [0.5, 0.6) is 11.5 Å². The molecule has 1 saturated carbocycles. The van der Waals surface area contributed by atoms with Crippen molar-refractivity contribution in [2.45, 2.75) is 44.3 Å². The molecule has 132 valence electrons. The van der Waals surface area contributed by atoms with Crippen LogP contribution in [-0.4, -0.2) is 48.2 Å². The number of nitrogens with zero attached hydrogens (tertiary/aromatic N) is 3. The highest BCUT2D eigenvalue weighted by molar-refractivity contribution is 5.83. The SMILES string of the molecule is CCN(C(=O)C1CC(C#N)C(c2ccc3c(c2)OCO3)N1C)C1CC1. The van der Waals surface area contributed by atoms with Crippen molar-refractivity contribution < 1.29 is 14.3 Å². The highest BCUT2D eigenvalue weighted by Crippen LogP contribution is 2.44. The van der Waals surface area contributed by atoms with Crippen LogP contribution in [0.2, 0.25) is 0 Å². The van der Waals surface area contributed by atoms with E-state index in [9.17, 15) is 10.1 Å². The number of hydrogen-bond acceptors (Lipinski definition) is 5. The van der Waals surface area contributed by atoms with Crippen LogP contribution in [0.3, 0.4) is 0 Å². The molecule has 1 saturated heterocycles. The zero-order chi connectivity index (χ0) is 17.6. The van der Waals surface area contributed by atoms with Gasteiger partial charge in [0.05, 0.1) is 24.1 Å². The third-order valence-corrected chi connectivity index (χ3v) is 5.59. The molecule has 1 aromatic carbocycles. The monoisotopic (exact) mass is 341 g/mol. The van der Waals surface area contributed by atoms with E-state index >= 15 is 0 Å². The summed E-state index contributed by atoms with van der Waals surface area (Å²) in [6.45, 7) is 3.00. The zero-order valence-electron chi connectivity index (χ0n) is 14.6. The Balaban J connectivity index is 1.60. The van der Waals surface area contributed by atoms with Crippen LogP contribution in [0.4, 0.5) is 0 Å². The quantitative estimate of drug-likeness (QED) is 0.841. The molecule has 1 amide bonds. The Hall–Kier alpha value is -2.26. The fraction of sp³-hybridized carbons (Fsp3) is 0.579. The highest BCUT2D eigenvalue weighted by Gasteiger charge is 2.46. The summed E-state index contributed by atoms with van der Waals surface area (Å²) < 4.78 is 10.8. The standard InChI is InChI=1S/C19H23N3O3/c1-3-22(14-5-6-14)19(23)15-8-13(10-20)18(21(15)2)12-4-7-16-17(9-12)25-11-24-16/h4,7,9,13-15,18H,3,5-6,8,11H2,1-2H3. The van der Waals surface area contributed by atoms with Crippen molar-refractivity contribution in [2.75, 3.05) is 20.4 Å². The van der Waals surface area contributed by atoms with Crippen LogP contribution < -0.4 is 9.47 Å². The molecule has 2 aliphatic heterocycles. The number of rotatable bonds is 4. The molecule has 0 radical (unpaired) electrons. The molecule has 0 aromatic heterocycles. The molecule has 2 heterocycles. The number of ether oxygens (including phenoxy) is 2. The van der Waals surface area contributed by atoms with Crippen molar-refractivity contribution in [3.63, 3.8) is 0 Å². The van der Waals surface area contributed by atoms with Gasteiger partial charge < -0.3 is 14.4 Å². The normalized spacial score (nSPS) is 28.0. The molecule has 3 unspecified atom stereocenters. The lowest BCUT2D eigenvalue weighted by Gasteiger charge is -2.30. The second-order valence-corrected chi connectivity index (χ2v) is 7.07. The number of carbonyl (C=O) groups excluding carboxylic acids is 1. The maximum atomic E-state index is 13.0. The first-order chi connectivity index (χ1) is 12.1. The maximum absolute atomic E-state index is 13.0. The Kier molecular flexibility index (Phi) is 4.04. The van der Waals surface area contributed by atoms with Crippen molar-refractivity contribution in [3.8, 4) is 17.6 Å². The molecular weight excluding hydrogens is 318 g/mol. The minimum Gasteiger partial charge on any atom is -0.454 e. The van der Waals surface area contributed by atoms with Gasteiger partial charge in [0.25, 0.3) is 0 Å². The van der Waals surface area contributed by atoms with Crippen LogP contribution in [0.15, 0.2) is 18.2 Å². The molecule has 25 heavy (non-hydrogen) atoms. The van der Waals surface area contributed by atoms with Crippen molar-refractivity contribution in [2.24, 2.45) is 5.92 Å². The van der Waals surface area contributed by atoms with Crippen molar-refractivity contribution in [1.82, 2.24) is 9.80 Å². The smallest absolute Gasteiger partial charge is 0.240 e. The fourth-order valence-electron chi connectivity index (χ4n) is 4.15. The summed E-state index contributed by atoms with van der Waals surface area (Å²) >= 11 is 0. The molecule has 2 fully saturated rings. The fourth-order valence-corrected chi connectivity index (χ4v) is 4.15. The number of likely N-dealkylation sites (tertiary alicyclic amines) is 1. The summed E-state index contributed by atoms with van der Waals surface area (Å²) in [6, 6.07) is 8.28. The Labute approximate surface area is 147 Å². The molecule has 0 N–H and O–H groups in total. The Morgan fingerprint density at radius 1 is 1.36 bits per heavy atom. The minimum atomic E-state index is -0.236. The number of likely N-dealkylation sites (N-methyl/N-ethyl adjacent to an activating group) is 2. The Morgan fingerprint density at radius 3 is 2.80 bits per heavy atom. The lowest BCUT2D eigenvalue weighted by Crippen LogP contribution is -2.45. The molecular formula is C19H23N3O3. The lowest BCUT2D eigenvalue weighted by atomic mass is 9.94. The topological polar surface area (TPSA) is 65.8 Å². The average molecular weight is 341 g/mol. The van der Waals surface area contributed by atoms with E-state index in [4.69, 9.17) is 9.47 Å². The summed E-state index contributed by atoms with van der Waals surface area (Å²) in [6.07, 6.45) is 2.78. The first-order valence-electron chi connectivity index (χ1n) is 8.95. The molecule has 1 aromatic rings. The van der Waals surface area contributed by atoms with E-state index in [-0.39, 0.29) is 30.7 Å². The summed E-state index contributed by atoms with van der Waals surface area (Å²) in [7, 11) is 1.95. The van der Waals surface area contributed by atoms with Crippen molar-refractivity contribution in [3.05, 3.63) is 23.8 Å². The van der Waals surface area contributed by atoms with E-state index < -0.39 is 0 Å². The van der Waals surface area contributed by atoms with E-state index in [2.05, 4.69) is 11.0 Å². The molecule has 0 bridgehead atoms. The van der Waals surface area contributed by atoms with Crippen molar-refractivity contribution >= 4 is 5.91 Å². The maximum Gasteiger partial charge on any atom is 0.240 e. The first-order valence-corrected chi connectivity index (χ1v) is 8.95. The molecule has 4 rings (SSSR count). The van der Waals surface area contributed by atoms with Crippen LogP contribution in [0.25, 0.3) is 0 Å². The molecule has 3 atom stereocenters. The number of amides is 1. The average Bonchev–Trinajstić information content (AvgIpc) is 3.23. The molecule has 3 aliphatic rings. The second-order valence-electron chi connectivity index (χ2n) is 7.07. The van der Waals surface area contributed by atoms with Gasteiger partial charge in [-0.25, -0.2) is 0 Å². The minimum absolute atomic E-state index is 0.105. The highest BCUT2D eigenvalue weighted by atomic mass is 16.7. The molecule has 6 nitrogen and oxygen atoms in total.